The normalized spacial score (nSPS) is 12.5. The van der Waals surface area contributed by atoms with Crippen LogP contribution in [0.15, 0.2) is 237 Å². The van der Waals surface area contributed by atoms with Gasteiger partial charge in [0.15, 0.2) is 0 Å². The van der Waals surface area contributed by atoms with Gasteiger partial charge in [0.2, 0.25) is 0 Å². The molecular weight excluding hydrogens is 747 g/mol. The maximum Gasteiger partial charge on any atom is 0.0540 e. The molecule has 1 aliphatic carbocycles. The third-order valence-corrected chi connectivity index (χ3v) is 12.9. The summed E-state index contributed by atoms with van der Waals surface area (Å²) in [6.45, 7) is 4.77. The van der Waals surface area contributed by atoms with E-state index in [9.17, 15) is 0 Å². The van der Waals surface area contributed by atoms with Crippen molar-refractivity contribution in [2.45, 2.75) is 19.3 Å². The van der Waals surface area contributed by atoms with Crippen LogP contribution in [0.25, 0.3) is 77.5 Å². The molecule has 0 saturated carbocycles. The number of hydrogen-bond acceptors (Lipinski definition) is 1. The van der Waals surface area contributed by atoms with Gasteiger partial charge in [-0.25, -0.2) is 0 Å². The molecule has 62 heavy (non-hydrogen) atoms. The number of hydrogen-bond donors (Lipinski definition) is 0. The van der Waals surface area contributed by atoms with Crippen LogP contribution >= 0.6 is 0 Å². The summed E-state index contributed by atoms with van der Waals surface area (Å²) in [7, 11) is 0. The van der Waals surface area contributed by atoms with Crippen molar-refractivity contribution in [3.8, 4) is 66.8 Å². The van der Waals surface area contributed by atoms with Gasteiger partial charge in [-0.1, -0.05) is 220 Å². The van der Waals surface area contributed by atoms with Gasteiger partial charge in [-0.15, -0.1) is 0 Å². The van der Waals surface area contributed by atoms with Crippen LogP contribution in [-0.4, -0.2) is 0 Å². The molecule has 0 fully saturated rings. The molecule has 10 aromatic carbocycles. The standard InChI is InChI=1S/C61H45N/c1-61(2)56-33-15-14-29-53(56)54-32-18-34-58(60(54)61)62(48-38-35-45(36-39-48)51-31-17-26-46-25-16-30-50(59(46)51)44-23-10-5-11-24-44)57-40-37-47(42-19-6-3-7-20-42)41-55(57)52-28-13-12-27-49(52)43-21-8-4-9-22-43/h3-41H,1-2H3. The van der Waals surface area contributed by atoms with Gasteiger partial charge in [0, 0.05) is 16.7 Å². The van der Waals surface area contributed by atoms with Crippen molar-refractivity contribution in [3.63, 3.8) is 0 Å². The van der Waals surface area contributed by atoms with Gasteiger partial charge < -0.3 is 4.90 Å². The zero-order valence-electron chi connectivity index (χ0n) is 35.0. The monoisotopic (exact) mass is 791 g/mol. The van der Waals surface area contributed by atoms with Crippen molar-refractivity contribution in [3.05, 3.63) is 248 Å². The van der Waals surface area contributed by atoms with E-state index in [2.05, 4.69) is 255 Å². The van der Waals surface area contributed by atoms with E-state index >= 15 is 0 Å². The highest BCUT2D eigenvalue weighted by atomic mass is 15.1. The van der Waals surface area contributed by atoms with Crippen molar-refractivity contribution in [1.29, 1.82) is 0 Å². The Bertz CT molecular complexity index is 3230. The van der Waals surface area contributed by atoms with Crippen molar-refractivity contribution in [2.24, 2.45) is 0 Å². The lowest BCUT2D eigenvalue weighted by molar-refractivity contribution is 0.661. The van der Waals surface area contributed by atoms with Crippen LogP contribution in [0.1, 0.15) is 25.0 Å². The molecule has 0 unspecified atom stereocenters. The second-order valence-electron chi connectivity index (χ2n) is 16.8. The fourth-order valence-corrected chi connectivity index (χ4v) is 9.99. The molecule has 0 bridgehead atoms. The van der Waals surface area contributed by atoms with Gasteiger partial charge in [0.05, 0.1) is 11.4 Å². The molecule has 0 radical (unpaired) electrons. The maximum atomic E-state index is 2.53. The molecule has 1 aliphatic rings. The fraction of sp³-hybridized carbons (Fsp3) is 0.0492. The summed E-state index contributed by atoms with van der Waals surface area (Å²) in [6, 6.07) is 86.7. The molecule has 11 rings (SSSR count). The van der Waals surface area contributed by atoms with Crippen LogP contribution in [0.4, 0.5) is 17.1 Å². The van der Waals surface area contributed by atoms with E-state index in [0.29, 0.717) is 0 Å². The molecule has 0 spiro atoms. The largest absolute Gasteiger partial charge is 0.310 e. The Labute approximate surface area is 364 Å². The summed E-state index contributed by atoms with van der Waals surface area (Å²) in [4.78, 5) is 2.53. The second-order valence-corrected chi connectivity index (χ2v) is 16.8. The molecule has 0 heterocycles. The second kappa shape index (κ2) is 15.4. The average molecular weight is 792 g/mol. The lowest BCUT2D eigenvalue weighted by atomic mass is 9.81. The highest BCUT2D eigenvalue weighted by Crippen LogP contribution is 2.55. The van der Waals surface area contributed by atoms with E-state index in [-0.39, 0.29) is 5.41 Å². The number of rotatable bonds is 8. The van der Waals surface area contributed by atoms with Crippen LogP contribution in [0, 0.1) is 0 Å². The zero-order chi connectivity index (χ0) is 41.6. The third-order valence-electron chi connectivity index (χ3n) is 12.9. The Kier molecular flexibility index (Phi) is 9.24. The van der Waals surface area contributed by atoms with Crippen LogP contribution < -0.4 is 4.90 Å². The number of benzene rings is 10. The first-order valence-corrected chi connectivity index (χ1v) is 21.6. The van der Waals surface area contributed by atoms with E-state index < -0.39 is 0 Å². The SMILES string of the molecule is CC1(C)c2ccccc2-c2cccc(N(c3ccc(-c4cccc5cccc(-c6ccccc6)c45)cc3)c3ccc(-c4ccccc4)cc3-c3ccccc3-c3ccccc3)c21. The number of fused-ring (bicyclic) bond motifs is 4. The molecule has 0 aliphatic heterocycles. The quantitative estimate of drug-likeness (QED) is 0.148. The van der Waals surface area contributed by atoms with Crippen LogP contribution in [0.2, 0.25) is 0 Å². The Balaban J connectivity index is 1.16. The Morgan fingerprint density at radius 2 is 0.790 bits per heavy atom. The van der Waals surface area contributed by atoms with Crippen molar-refractivity contribution in [2.75, 3.05) is 4.90 Å². The molecule has 0 saturated heterocycles. The lowest BCUT2D eigenvalue weighted by Gasteiger charge is -2.34. The highest BCUT2D eigenvalue weighted by Gasteiger charge is 2.39. The van der Waals surface area contributed by atoms with Gasteiger partial charge in [-0.05, 0) is 113 Å². The molecule has 1 nitrogen and oxygen atoms in total. The first-order chi connectivity index (χ1) is 30.5. The summed E-state index contributed by atoms with van der Waals surface area (Å²) in [5, 5.41) is 2.50. The van der Waals surface area contributed by atoms with E-state index in [1.165, 1.54) is 94.3 Å². The summed E-state index contributed by atoms with van der Waals surface area (Å²) in [5.41, 5.74) is 20.5. The predicted octanol–water partition coefficient (Wildman–Crippen LogP) is 17.0. The van der Waals surface area contributed by atoms with Gasteiger partial charge >= 0.3 is 0 Å². The van der Waals surface area contributed by atoms with Gasteiger partial charge in [-0.2, -0.15) is 0 Å². The molecule has 0 amide bonds. The summed E-state index contributed by atoms with van der Waals surface area (Å²) in [6.07, 6.45) is 0. The lowest BCUT2D eigenvalue weighted by Crippen LogP contribution is -2.21. The van der Waals surface area contributed by atoms with Gasteiger partial charge in [0.1, 0.15) is 0 Å². The third kappa shape index (κ3) is 6.33. The van der Waals surface area contributed by atoms with Gasteiger partial charge in [0.25, 0.3) is 0 Å². The Hall–Kier alpha value is -7.74. The Morgan fingerprint density at radius 3 is 1.45 bits per heavy atom. The highest BCUT2D eigenvalue weighted by molar-refractivity contribution is 6.07. The molecular formula is C61H45N. The minimum atomic E-state index is -0.233. The number of anilines is 3. The van der Waals surface area contributed by atoms with Crippen LogP contribution in [0.5, 0.6) is 0 Å². The van der Waals surface area contributed by atoms with Crippen molar-refractivity contribution in [1.82, 2.24) is 0 Å². The zero-order valence-corrected chi connectivity index (χ0v) is 35.0. The minimum Gasteiger partial charge on any atom is -0.310 e. The van der Waals surface area contributed by atoms with E-state index in [0.717, 1.165) is 11.4 Å². The molecule has 0 N–H and O–H groups in total. The predicted molar refractivity (Wildman–Crippen MR) is 263 cm³/mol. The Morgan fingerprint density at radius 1 is 0.306 bits per heavy atom. The summed E-state index contributed by atoms with van der Waals surface area (Å²) < 4.78 is 0. The van der Waals surface area contributed by atoms with Crippen molar-refractivity contribution >= 4 is 27.8 Å². The van der Waals surface area contributed by atoms with Crippen LogP contribution in [0.3, 0.4) is 0 Å². The first-order valence-electron chi connectivity index (χ1n) is 21.6. The van der Waals surface area contributed by atoms with Gasteiger partial charge in [-0.3, -0.25) is 0 Å². The topological polar surface area (TPSA) is 3.24 Å². The molecule has 1 heteroatoms. The molecule has 0 atom stereocenters. The first kappa shape index (κ1) is 37.3. The average Bonchev–Trinajstić information content (AvgIpc) is 3.58. The van der Waals surface area contributed by atoms with Crippen LogP contribution in [-0.2, 0) is 5.41 Å². The fourth-order valence-electron chi connectivity index (χ4n) is 9.99. The molecule has 10 aromatic rings. The minimum absolute atomic E-state index is 0.233. The number of nitrogens with zero attached hydrogens (tertiary/aromatic N) is 1. The molecule has 294 valence electrons. The maximum absolute atomic E-state index is 2.53. The molecule has 0 aromatic heterocycles. The van der Waals surface area contributed by atoms with E-state index in [1.54, 1.807) is 0 Å². The van der Waals surface area contributed by atoms with E-state index in [1.807, 2.05) is 0 Å². The summed E-state index contributed by atoms with van der Waals surface area (Å²) >= 11 is 0. The van der Waals surface area contributed by atoms with E-state index in [4.69, 9.17) is 0 Å². The van der Waals surface area contributed by atoms with Crippen molar-refractivity contribution < 1.29 is 0 Å². The summed E-state index contributed by atoms with van der Waals surface area (Å²) in [5.74, 6) is 0. The smallest absolute Gasteiger partial charge is 0.0540 e.